The highest BCUT2D eigenvalue weighted by Crippen LogP contribution is 2.37. The monoisotopic (exact) mass is 1030 g/mol. The number of carbonyl (C=O) groups excluding carboxylic acids is 2. The minimum Gasteiger partial charge on any atom is -0.465 e. The van der Waals surface area contributed by atoms with Crippen molar-refractivity contribution in [2.75, 3.05) is 31.3 Å². The molecule has 2 aliphatic rings. The van der Waals surface area contributed by atoms with Crippen LogP contribution in [0.5, 0.6) is 0 Å². The van der Waals surface area contributed by atoms with Gasteiger partial charge in [-0.2, -0.15) is 11.8 Å². The highest BCUT2D eigenvalue weighted by Gasteiger charge is 2.50. The van der Waals surface area contributed by atoms with Gasteiger partial charge in [-0.1, -0.05) is 242 Å². The van der Waals surface area contributed by atoms with E-state index in [9.17, 15) is 9.59 Å². The average molecular weight is 1030 g/mol. The van der Waals surface area contributed by atoms with Crippen molar-refractivity contribution in [2.45, 2.75) is 276 Å². The number of carbonyl (C=O) groups is 2. The van der Waals surface area contributed by atoms with E-state index >= 15 is 0 Å². The van der Waals surface area contributed by atoms with Crippen molar-refractivity contribution >= 4 is 42.4 Å². The topological polar surface area (TPSA) is 73.9 Å². The summed E-state index contributed by atoms with van der Waals surface area (Å²) in [7, 11) is -2.53. The first-order valence-electron chi connectivity index (χ1n) is 30.6. The fraction of sp³-hybridized carbons (Fsp3) is 0.781. The normalized spacial score (nSPS) is 17.4. The van der Waals surface area contributed by atoms with Crippen molar-refractivity contribution in [3.63, 3.8) is 0 Å². The van der Waals surface area contributed by atoms with Gasteiger partial charge in [0.25, 0.3) is 8.32 Å². The van der Waals surface area contributed by atoms with Crippen LogP contribution >= 0.6 is 11.8 Å². The molecule has 6 nitrogen and oxygen atoms in total. The maximum absolute atomic E-state index is 13.3. The maximum atomic E-state index is 13.3. The molecule has 2 aromatic rings. The Hall–Kier alpha value is -2.13. The fourth-order valence-corrected chi connectivity index (χ4v) is 17.4. The third kappa shape index (κ3) is 26.1. The van der Waals surface area contributed by atoms with E-state index in [0.29, 0.717) is 19.1 Å². The third-order valence-electron chi connectivity index (χ3n) is 16.2. The second-order valence-electron chi connectivity index (χ2n) is 23.3. The van der Waals surface area contributed by atoms with Gasteiger partial charge in [-0.15, -0.1) is 0 Å². The summed E-state index contributed by atoms with van der Waals surface area (Å²) >= 11 is 2.00. The zero-order valence-electron chi connectivity index (χ0n) is 47.0. The molecular formula is C64H109NO5SSi. The van der Waals surface area contributed by atoms with Crippen molar-refractivity contribution in [2.24, 2.45) is 11.8 Å². The van der Waals surface area contributed by atoms with Crippen LogP contribution in [0, 0.1) is 11.8 Å². The Morgan fingerprint density at radius 3 is 1.71 bits per heavy atom. The van der Waals surface area contributed by atoms with Crippen molar-refractivity contribution in [1.29, 1.82) is 0 Å². The zero-order chi connectivity index (χ0) is 51.2. The first-order chi connectivity index (χ1) is 35.2. The van der Waals surface area contributed by atoms with Crippen molar-refractivity contribution < 1.29 is 23.5 Å². The summed E-state index contributed by atoms with van der Waals surface area (Å²) in [6.45, 7) is 11.7. The molecule has 0 bridgehead atoms. The molecule has 1 N–H and O–H groups in total. The van der Waals surface area contributed by atoms with E-state index in [0.717, 1.165) is 114 Å². The molecule has 0 heterocycles. The fourth-order valence-electron chi connectivity index (χ4n) is 11.8. The smallest absolute Gasteiger partial charge is 0.308 e. The van der Waals surface area contributed by atoms with E-state index in [1.54, 1.807) is 0 Å². The predicted molar refractivity (Wildman–Crippen MR) is 312 cm³/mol. The highest BCUT2D eigenvalue weighted by molar-refractivity contribution is 7.99. The number of benzene rings is 2. The number of thioether (sulfide) groups is 1. The summed E-state index contributed by atoms with van der Waals surface area (Å²) in [5, 5.41) is 6.69. The summed E-state index contributed by atoms with van der Waals surface area (Å²) in [5.74, 6) is 2.99. The van der Waals surface area contributed by atoms with Crippen LogP contribution in [0.15, 0.2) is 60.7 Å². The van der Waals surface area contributed by atoms with Gasteiger partial charge >= 0.3 is 11.9 Å². The number of ether oxygens (including phenoxy) is 2. The van der Waals surface area contributed by atoms with Crippen LogP contribution in [0.1, 0.15) is 259 Å². The quantitative estimate of drug-likeness (QED) is 0.0434. The minimum absolute atomic E-state index is 0.0162. The van der Waals surface area contributed by atoms with Crippen LogP contribution in [-0.2, 0) is 23.5 Å². The van der Waals surface area contributed by atoms with Crippen LogP contribution in [0.25, 0.3) is 0 Å². The summed E-state index contributed by atoms with van der Waals surface area (Å²) in [4.78, 5) is 26.3. The molecule has 0 radical (unpaired) electrons. The van der Waals surface area contributed by atoms with Crippen molar-refractivity contribution in [3.8, 4) is 0 Å². The number of hydrogen-bond acceptors (Lipinski definition) is 7. The number of hydrogen-bond donors (Lipinski definition) is 1. The lowest BCUT2D eigenvalue weighted by atomic mass is 9.86. The van der Waals surface area contributed by atoms with Gasteiger partial charge in [-0.3, -0.25) is 9.59 Å². The van der Waals surface area contributed by atoms with E-state index in [1.807, 2.05) is 11.8 Å². The van der Waals surface area contributed by atoms with Gasteiger partial charge < -0.3 is 19.2 Å². The summed E-state index contributed by atoms with van der Waals surface area (Å²) in [5.41, 5.74) is 0. The molecule has 2 aliphatic carbocycles. The summed E-state index contributed by atoms with van der Waals surface area (Å²) in [6, 6.07) is 22.5. The first kappa shape index (κ1) is 62.4. The Balaban J connectivity index is 1.23. The van der Waals surface area contributed by atoms with Gasteiger partial charge in [0.15, 0.2) is 0 Å². The molecule has 2 atom stereocenters. The van der Waals surface area contributed by atoms with Crippen LogP contribution in [0.2, 0.25) is 5.04 Å². The molecule has 2 fully saturated rings. The molecular weight excluding hydrogens is 923 g/mol. The lowest BCUT2D eigenvalue weighted by Crippen LogP contribution is -2.66. The van der Waals surface area contributed by atoms with E-state index in [4.69, 9.17) is 13.9 Å². The molecule has 8 heteroatoms. The molecule has 0 saturated heterocycles. The Kier molecular flexibility index (Phi) is 34.0. The zero-order valence-corrected chi connectivity index (χ0v) is 48.8. The van der Waals surface area contributed by atoms with Crippen molar-refractivity contribution in [1.82, 2.24) is 5.32 Å². The summed E-state index contributed by atoms with van der Waals surface area (Å²) < 4.78 is 19.4. The number of esters is 2. The van der Waals surface area contributed by atoms with Gasteiger partial charge in [0, 0.05) is 24.8 Å². The third-order valence-corrected chi connectivity index (χ3v) is 22.4. The Labute approximate surface area is 448 Å². The molecule has 4 rings (SSSR count). The molecule has 0 aliphatic heterocycles. The van der Waals surface area contributed by atoms with Crippen molar-refractivity contribution in [3.05, 3.63) is 60.7 Å². The predicted octanol–water partition coefficient (Wildman–Crippen LogP) is 17.0. The number of rotatable bonds is 33. The van der Waals surface area contributed by atoms with E-state index in [2.05, 4.69) is 93.7 Å². The molecule has 410 valence electrons. The van der Waals surface area contributed by atoms with Crippen LogP contribution in [0.4, 0.5) is 0 Å². The molecule has 2 saturated carbocycles. The molecule has 2 unspecified atom stereocenters. The van der Waals surface area contributed by atoms with Gasteiger partial charge in [0.1, 0.15) is 6.10 Å². The SMILES string of the molecule is CCCCCCC(CSCCCCCC(CCCCCOC(=O)C1CCCCCCCCCCCCCC1)NCCCCO[Si](c1ccccc1)(c1ccccc1)C(C)(C)C)OC(=O)CCC1CCCCC1. The lowest BCUT2D eigenvalue weighted by molar-refractivity contribution is -0.150. The van der Waals surface area contributed by atoms with Gasteiger partial charge in [0.05, 0.1) is 12.5 Å². The van der Waals surface area contributed by atoms with Crippen LogP contribution in [0.3, 0.4) is 0 Å². The Bertz CT molecular complexity index is 1560. The molecule has 2 aromatic carbocycles. The Morgan fingerprint density at radius 1 is 0.611 bits per heavy atom. The minimum atomic E-state index is -2.53. The molecule has 0 amide bonds. The van der Waals surface area contributed by atoms with E-state index in [1.165, 1.54) is 152 Å². The highest BCUT2D eigenvalue weighted by atomic mass is 32.2. The second kappa shape index (κ2) is 39.3. The average Bonchev–Trinajstić information content (AvgIpc) is 3.40. The number of nitrogens with one attached hydrogen (secondary N) is 1. The first-order valence-corrected chi connectivity index (χ1v) is 33.7. The van der Waals surface area contributed by atoms with E-state index < -0.39 is 8.32 Å². The van der Waals surface area contributed by atoms with Gasteiger partial charge in [0.2, 0.25) is 0 Å². The van der Waals surface area contributed by atoms with Crippen LogP contribution in [-0.4, -0.2) is 63.7 Å². The summed E-state index contributed by atoms with van der Waals surface area (Å²) in [6.07, 6.45) is 43.2. The largest absolute Gasteiger partial charge is 0.465 e. The van der Waals surface area contributed by atoms with Crippen LogP contribution < -0.4 is 15.7 Å². The molecule has 0 spiro atoms. The standard InChI is InChI=1S/C64H109NO5SSi/c1-5-6-7-29-44-59(70-62(66)50-49-56-38-23-18-24-39-56)55-71-54-37-22-28-43-58(42-27-21-35-52-68-63(67)57-40-25-16-14-12-10-8-9-11-13-15-17-26-41-57)65-51-34-36-53-69-72(64(2,3)4,60-45-30-19-31-46-60)61-47-32-20-33-48-61/h19-20,30-33,45-48,56-59,65H,5-18,21-29,34-44,49-55H2,1-4H3. The van der Waals surface area contributed by atoms with E-state index in [-0.39, 0.29) is 29.0 Å². The lowest BCUT2D eigenvalue weighted by Gasteiger charge is -2.43. The second-order valence-corrected chi connectivity index (χ2v) is 28.8. The molecule has 72 heavy (non-hydrogen) atoms. The van der Waals surface area contributed by atoms with Gasteiger partial charge in [-0.25, -0.2) is 0 Å². The van der Waals surface area contributed by atoms with Gasteiger partial charge in [-0.05, 0) is 104 Å². The number of unbranched alkanes of at least 4 members (excludes halogenated alkanes) is 8. The Morgan fingerprint density at radius 2 is 1.12 bits per heavy atom. The maximum Gasteiger partial charge on any atom is 0.308 e. The molecule has 0 aromatic heterocycles.